The van der Waals surface area contributed by atoms with Crippen LogP contribution in [-0.2, 0) is 7.05 Å². The average molecular weight is 204 g/mol. The lowest BCUT2D eigenvalue weighted by Crippen LogP contribution is -1.97. The van der Waals surface area contributed by atoms with E-state index in [1.165, 1.54) is 4.68 Å². The van der Waals surface area contributed by atoms with Gasteiger partial charge in [0.1, 0.15) is 5.75 Å². The molecule has 5 nitrogen and oxygen atoms in total. The number of rotatable bonds is 1. The maximum Gasteiger partial charge on any atom is 0.218 e. The fourth-order valence-electron chi connectivity index (χ4n) is 1.34. The van der Waals surface area contributed by atoms with Gasteiger partial charge in [-0.05, 0) is 19.1 Å². The maximum absolute atomic E-state index is 9.66. The quantitative estimate of drug-likeness (QED) is 0.728. The molecule has 0 bridgehead atoms. The van der Waals surface area contributed by atoms with Gasteiger partial charge in [-0.1, -0.05) is 11.6 Å². The van der Waals surface area contributed by atoms with E-state index in [0.717, 1.165) is 5.56 Å². The first-order valence-electron chi connectivity index (χ1n) is 4.54. The van der Waals surface area contributed by atoms with Crippen LogP contribution in [0.15, 0.2) is 18.2 Å². The Bertz CT molecular complexity index is 485. The second kappa shape index (κ2) is 3.27. The molecule has 1 aromatic heterocycles. The molecule has 0 atom stereocenters. The minimum absolute atomic E-state index is 0.159. The van der Waals surface area contributed by atoms with E-state index in [1.807, 2.05) is 19.1 Å². The maximum atomic E-state index is 9.66. The molecule has 1 heterocycles. The number of aromatic hydroxyl groups is 1. The second-order valence-electron chi connectivity index (χ2n) is 3.44. The monoisotopic (exact) mass is 204 g/mol. The van der Waals surface area contributed by atoms with Crippen LogP contribution in [-0.4, -0.2) is 19.9 Å². The van der Waals surface area contributed by atoms with Gasteiger partial charge < -0.3 is 10.8 Å². The Hall–Kier alpha value is -2.04. The van der Waals surface area contributed by atoms with Crippen LogP contribution in [0.4, 0.5) is 5.95 Å². The lowest BCUT2D eigenvalue weighted by atomic mass is 10.1. The number of anilines is 1. The van der Waals surface area contributed by atoms with Crippen molar-refractivity contribution in [2.24, 2.45) is 7.05 Å². The highest BCUT2D eigenvalue weighted by Gasteiger charge is 2.10. The zero-order valence-electron chi connectivity index (χ0n) is 8.60. The Kier molecular flexibility index (Phi) is 2.07. The lowest BCUT2D eigenvalue weighted by molar-refractivity contribution is 0.476. The van der Waals surface area contributed by atoms with Crippen LogP contribution in [0, 0.1) is 6.92 Å². The molecule has 5 heteroatoms. The summed E-state index contributed by atoms with van der Waals surface area (Å²) in [4.78, 5) is 4.05. The van der Waals surface area contributed by atoms with E-state index < -0.39 is 0 Å². The van der Waals surface area contributed by atoms with E-state index in [2.05, 4.69) is 10.1 Å². The van der Waals surface area contributed by atoms with Crippen molar-refractivity contribution in [2.45, 2.75) is 6.92 Å². The number of hydrogen-bond acceptors (Lipinski definition) is 4. The van der Waals surface area contributed by atoms with Gasteiger partial charge in [-0.3, -0.25) is 0 Å². The van der Waals surface area contributed by atoms with Crippen molar-refractivity contribution in [2.75, 3.05) is 5.73 Å². The third-order valence-electron chi connectivity index (χ3n) is 2.19. The van der Waals surface area contributed by atoms with Crippen molar-refractivity contribution in [1.82, 2.24) is 14.8 Å². The number of nitrogens with two attached hydrogens (primary N) is 1. The predicted octanol–water partition coefficient (Wildman–Crippen LogP) is 1.08. The minimum atomic E-state index is 0.159. The fourth-order valence-corrected chi connectivity index (χ4v) is 1.34. The summed E-state index contributed by atoms with van der Waals surface area (Å²) in [6, 6.07) is 5.27. The average Bonchev–Trinajstić information content (AvgIpc) is 2.51. The molecule has 0 saturated heterocycles. The number of aromatic nitrogens is 3. The number of hydrogen-bond donors (Lipinski definition) is 2. The molecular formula is C10H12N4O. The highest BCUT2D eigenvalue weighted by Crippen LogP contribution is 2.27. The molecule has 0 spiro atoms. The molecule has 2 aromatic rings. The summed E-state index contributed by atoms with van der Waals surface area (Å²) < 4.78 is 1.47. The Morgan fingerprint density at radius 2 is 2.13 bits per heavy atom. The van der Waals surface area contributed by atoms with Crippen molar-refractivity contribution in [3.05, 3.63) is 23.8 Å². The molecule has 0 aliphatic heterocycles. The van der Waals surface area contributed by atoms with Crippen LogP contribution >= 0.6 is 0 Å². The van der Waals surface area contributed by atoms with Gasteiger partial charge in [-0.15, -0.1) is 5.10 Å². The second-order valence-corrected chi connectivity index (χ2v) is 3.44. The van der Waals surface area contributed by atoms with E-state index in [1.54, 1.807) is 13.1 Å². The number of nitrogens with zero attached hydrogens (tertiary/aromatic N) is 3. The Labute approximate surface area is 87.2 Å². The summed E-state index contributed by atoms with van der Waals surface area (Å²) in [5, 5.41) is 13.8. The molecule has 0 radical (unpaired) electrons. The van der Waals surface area contributed by atoms with E-state index >= 15 is 0 Å². The first-order chi connectivity index (χ1) is 7.08. The standard InChI is InChI=1S/C10H12N4O/c1-6-3-4-8(15)7(5-6)9-12-10(11)14(2)13-9/h3-5,15H,1-2H3,(H2,11,12,13). The zero-order chi connectivity index (χ0) is 11.0. The topological polar surface area (TPSA) is 77.0 Å². The first kappa shape index (κ1) is 9.51. The molecule has 0 aliphatic rings. The van der Waals surface area contributed by atoms with Crippen LogP contribution in [0.2, 0.25) is 0 Å². The highest BCUT2D eigenvalue weighted by molar-refractivity contribution is 5.65. The largest absolute Gasteiger partial charge is 0.507 e. The molecule has 0 aliphatic carbocycles. The predicted molar refractivity (Wildman–Crippen MR) is 57.3 cm³/mol. The summed E-state index contributed by atoms with van der Waals surface area (Å²) in [6.45, 7) is 1.94. The van der Waals surface area contributed by atoms with E-state index in [-0.39, 0.29) is 5.75 Å². The van der Waals surface area contributed by atoms with Gasteiger partial charge in [0.05, 0.1) is 5.56 Å². The zero-order valence-corrected chi connectivity index (χ0v) is 8.60. The van der Waals surface area contributed by atoms with Crippen molar-refractivity contribution in [3.63, 3.8) is 0 Å². The van der Waals surface area contributed by atoms with E-state index in [0.29, 0.717) is 17.3 Å². The highest BCUT2D eigenvalue weighted by atomic mass is 16.3. The molecule has 0 unspecified atom stereocenters. The van der Waals surface area contributed by atoms with E-state index in [4.69, 9.17) is 5.73 Å². The number of phenolic OH excluding ortho intramolecular Hbond substituents is 1. The third-order valence-corrected chi connectivity index (χ3v) is 2.19. The third kappa shape index (κ3) is 1.63. The number of nitrogen functional groups attached to an aromatic ring is 1. The van der Waals surface area contributed by atoms with Gasteiger partial charge in [0, 0.05) is 7.05 Å². The summed E-state index contributed by atoms with van der Waals surface area (Å²) in [5.74, 6) is 0.924. The molecule has 0 saturated carbocycles. The van der Waals surface area contributed by atoms with Crippen LogP contribution in [0.5, 0.6) is 5.75 Å². The molecule has 15 heavy (non-hydrogen) atoms. The normalized spacial score (nSPS) is 10.5. The SMILES string of the molecule is Cc1ccc(O)c(-c2nc(N)n(C)n2)c1. The molecule has 3 N–H and O–H groups in total. The van der Waals surface area contributed by atoms with Crippen LogP contribution in [0.1, 0.15) is 5.56 Å². The van der Waals surface area contributed by atoms with Crippen molar-refractivity contribution < 1.29 is 5.11 Å². The number of aryl methyl sites for hydroxylation is 2. The molecule has 78 valence electrons. The van der Waals surface area contributed by atoms with Crippen LogP contribution in [0.25, 0.3) is 11.4 Å². The minimum Gasteiger partial charge on any atom is -0.507 e. The summed E-state index contributed by atoms with van der Waals surface area (Å²) in [7, 11) is 1.71. The molecule has 1 aromatic carbocycles. The van der Waals surface area contributed by atoms with Crippen molar-refractivity contribution in [1.29, 1.82) is 0 Å². The van der Waals surface area contributed by atoms with Crippen LogP contribution in [0.3, 0.4) is 0 Å². The Morgan fingerprint density at radius 3 is 2.73 bits per heavy atom. The van der Waals surface area contributed by atoms with E-state index in [9.17, 15) is 5.11 Å². The van der Waals surface area contributed by atoms with Crippen molar-refractivity contribution >= 4 is 5.95 Å². The molecule has 2 rings (SSSR count). The summed E-state index contributed by atoms with van der Waals surface area (Å²) >= 11 is 0. The number of benzene rings is 1. The van der Waals surface area contributed by atoms with Crippen LogP contribution < -0.4 is 5.73 Å². The van der Waals surface area contributed by atoms with Gasteiger partial charge in [0.2, 0.25) is 5.95 Å². The van der Waals surface area contributed by atoms with Gasteiger partial charge in [0.15, 0.2) is 5.82 Å². The fraction of sp³-hybridized carbons (Fsp3) is 0.200. The first-order valence-corrected chi connectivity index (χ1v) is 4.54. The molecular weight excluding hydrogens is 192 g/mol. The number of phenols is 1. The lowest BCUT2D eigenvalue weighted by Gasteiger charge is -2.00. The van der Waals surface area contributed by atoms with Gasteiger partial charge in [-0.25, -0.2) is 4.68 Å². The van der Waals surface area contributed by atoms with Gasteiger partial charge >= 0.3 is 0 Å². The smallest absolute Gasteiger partial charge is 0.218 e. The summed E-state index contributed by atoms with van der Waals surface area (Å²) in [5.41, 5.74) is 7.21. The summed E-state index contributed by atoms with van der Waals surface area (Å²) in [6.07, 6.45) is 0. The van der Waals surface area contributed by atoms with Crippen molar-refractivity contribution in [3.8, 4) is 17.1 Å². The van der Waals surface area contributed by atoms with Gasteiger partial charge in [-0.2, -0.15) is 4.98 Å². The van der Waals surface area contributed by atoms with Gasteiger partial charge in [0.25, 0.3) is 0 Å². The Morgan fingerprint density at radius 1 is 1.40 bits per heavy atom. The molecule has 0 amide bonds. The molecule has 0 fully saturated rings. The Balaban J connectivity index is 2.58.